The van der Waals surface area contributed by atoms with Crippen molar-refractivity contribution in [2.24, 2.45) is 11.7 Å². The molecular weight excluding hydrogens is 226 g/mol. The molecule has 4 nitrogen and oxygen atoms in total. The third-order valence-electron chi connectivity index (χ3n) is 4.36. The summed E-state index contributed by atoms with van der Waals surface area (Å²) in [4.78, 5) is 14.7. The Morgan fingerprint density at radius 1 is 1.17 bits per heavy atom. The van der Waals surface area contributed by atoms with Crippen molar-refractivity contribution >= 4 is 5.91 Å². The van der Waals surface area contributed by atoms with Gasteiger partial charge in [0.15, 0.2) is 0 Å². The second-order valence-corrected chi connectivity index (χ2v) is 5.67. The molecule has 0 bridgehead atoms. The number of amides is 1. The van der Waals surface area contributed by atoms with Gasteiger partial charge in [0.1, 0.15) is 0 Å². The number of carbonyl (C=O) groups excluding carboxylic acids is 1. The van der Waals surface area contributed by atoms with Crippen molar-refractivity contribution in [1.82, 2.24) is 10.2 Å². The topological polar surface area (TPSA) is 58.4 Å². The smallest absolute Gasteiger partial charge is 0.226 e. The highest BCUT2D eigenvalue weighted by molar-refractivity contribution is 5.79. The van der Waals surface area contributed by atoms with Crippen LogP contribution in [0, 0.1) is 5.92 Å². The molecule has 1 heterocycles. The van der Waals surface area contributed by atoms with Gasteiger partial charge in [0, 0.05) is 32.1 Å². The number of nitrogens with two attached hydrogens (primary N) is 1. The van der Waals surface area contributed by atoms with E-state index in [0.29, 0.717) is 12.5 Å². The lowest BCUT2D eigenvalue weighted by molar-refractivity contribution is -0.139. The number of nitrogens with zero attached hydrogens (tertiary/aromatic N) is 1. The quantitative estimate of drug-likeness (QED) is 0.775. The molecule has 1 aliphatic carbocycles. The van der Waals surface area contributed by atoms with Crippen molar-refractivity contribution in [1.29, 1.82) is 0 Å². The second kappa shape index (κ2) is 7.10. The Morgan fingerprint density at radius 2 is 1.83 bits per heavy atom. The molecule has 2 aliphatic rings. The van der Waals surface area contributed by atoms with E-state index in [1.54, 1.807) is 0 Å². The maximum atomic E-state index is 12.6. The van der Waals surface area contributed by atoms with Crippen LogP contribution >= 0.6 is 0 Å². The van der Waals surface area contributed by atoms with Crippen LogP contribution in [0.15, 0.2) is 0 Å². The van der Waals surface area contributed by atoms with Crippen LogP contribution in [-0.4, -0.2) is 43.0 Å². The van der Waals surface area contributed by atoms with E-state index in [2.05, 4.69) is 5.32 Å². The summed E-state index contributed by atoms with van der Waals surface area (Å²) in [5.41, 5.74) is 5.78. The minimum Gasteiger partial charge on any atom is -0.336 e. The molecule has 1 unspecified atom stereocenters. The molecule has 0 aromatic carbocycles. The van der Waals surface area contributed by atoms with E-state index < -0.39 is 0 Å². The van der Waals surface area contributed by atoms with E-state index in [9.17, 15) is 4.79 Å². The monoisotopic (exact) mass is 253 g/mol. The number of carbonyl (C=O) groups is 1. The summed E-state index contributed by atoms with van der Waals surface area (Å²) < 4.78 is 0. The standard InChI is InChI=1S/C14H27N3O/c15-10-13-11-16-8-9-17(13)14(18)12-6-4-2-1-3-5-7-12/h12-13,16H,1-11,15H2. The molecule has 2 rings (SSSR count). The molecule has 0 aromatic rings. The normalized spacial score (nSPS) is 27.6. The largest absolute Gasteiger partial charge is 0.336 e. The van der Waals surface area contributed by atoms with Crippen molar-refractivity contribution in [3.63, 3.8) is 0 Å². The van der Waals surface area contributed by atoms with Gasteiger partial charge in [-0.25, -0.2) is 0 Å². The van der Waals surface area contributed by atoms with Gasteiger partial charge in [0.25, 0.3) is 0 Å². The fourth-order valence-electron chi connectivity index (χ4n) is 3.20. The number of nitrogens with one attached hydrogen (secondary N) is 1. The van der Waals surface area contributed by atoms with Crippen LogP contribution in [0.25, 0.3) is 0 Å². The van der Waals surface area contributed by atoms with Crippen LogP contribution < -0.4 is 11.1 Å². The molecule has 1 saturated heterocycles. The lowest BCUT2D eigenvalue weighted by Crippen LogP contribution is -2.57. The highest BCUT2D eigenvalue weighted by atomic mass is 16.2. The first-order valence-corrected chi connectivity index (χ1v) is 7.54. The van der Waals surface area contributed by atoms with Gasteiger partial charge in [-0.1, -0.05) is 32.1 Å². The maximum absolute atomic E-state index is 12.6. The fraction of sp³-hybridized carbons (Fsp3) is 0.929. The molecule has 1 atom stereocenters. The fourth-order valence-corrected chi connectivity index (χ4v) is 3.20. The molecule has 1 saturated carbocycles. The lowest BCUT2D eigenvalue weighted by atomic mass is 9.89. The minimum absolute atomic E-state index is 0.205. The van der Waals surface area contributed by atoms with Crippen LogP contribution in [0.1, 0.15) is 44.9 Å². The molecular formula is C14H27N3O. The van der Waals surface area contributed by atoms with E-state index in [1.165, 1.54) is 32.1 Å². The molecule has 1 aliphatic heterocycles. The van der Waals surface area contributed by atoms with E-state index >= 15 is 0 Å². The summed E-state index contributed by atoms with van der Waals surface area (Å²) in [5, 5.41) is 3.32. The van der Waals surface area contributed by atoms with Crippen molar-refractivity contribution in [2.75, 3.05) is 26.2 Å². The van der Waals surface area contributed by atoms with Crippen LogP contribution in [0.5, 0.6) is 0 Å². The summed E-state index contributed by atoms with van der Waals surface area (Å²) in [6, 6.07) is 0.205. The van der Waals surface area contributed by atoms with Crippen LogP contribution in [0.4, 0.5) is 0 Å². The molecule has 0 spiro atoms. The molecule has 2 fully saturated rings. The molecule has 104 valence electrons. The Bertz CT molecular complexity index is 262. The van der Waals surface area contributed by atoms with Gasteiger partial charge < -0.3 is 16.0 Å². The van der Waals surface area contributed by atoms with Crippen molar-refractivity contribution < 1.29 is 4.79 Å². The van der Waals surface area contributed by atoms with Crippen molar-refractivity contribution in [3.8, 4) is 0 Å². The van der Waals surface area contributed by atoms with Gasteiger partial charge in [-0.15, -0.1) is 0 Å². The van der Waals surface area contributed by atoms with Crippen LogP contribution in [0.2, 0.25) is 0 Å². The third-order valence-corrected chi connectivity index (χ3v) is 4.36. The van der Waals surface area contributed by atoms with Gasteiger partial charge in [-0.3, -0.25) is 4.79 Å². The molecule has 0 aromatic heterocycles. The number of hydrogen-bond donors (Lipinski definition) is 2. The summed E-state index contributed by atoms with van der Waals surface area (Å²) in [6.07, 6.45) is 8.54. The zero-order chi connectivity index (χ0) is 12.8. The average molecular weight is 253 g/mol. The predicted octanol–water partition coefficient (Wildman–Crippen LogP) is 1.11. The first-order valence-electron chi connectivity index (χ1n) is 7.54. The van der Waals surface area contributed by atoms with E-state index in [4.69, 9.17) is 5.73 Å². The zero-order valence-electron chi connectivity index (χ0n) is 11.4. The first-order chi connectivity index (χ1) is 8.83. The van der Waals surface area contributed by atoms with Crippen LogP contribution in [-0.2, 0) is 4.79 Å². The van der Waals surface area contributed by atoms with Gasteiger partial charge in [0.05, 0.1) is 6.04 Å². The summed E-state index contributed by atoms with van der Waals surface area (Å²) >= 11 is 0. The first kappa shape index (κ1) is 13.8. The summed E-state index contributed by atoms with van der Waals surface area (Å²) in [5.74, 6) is 0.631. The number of hydrogen-bond acceptors (Lipinski definition) is 3. The maximum Gasteiger partial charge on any atom is 0.226 e. The zero-order valence-corrected chi connectivity index (χ0v) is 11.4. The van der Waals surface area contributed by atoms with E-state index in [1.807, 2.05) is 4.90 Å². The Kier molecular flexibility index (Phi) is 5.45. The highest BCUT2D eigenvalue weighted by Gasteiger charge is 2.30. The summed E-state index contributed by atoms with van der Waals surface area (Å²) in [6.45, 7) is 3.17. The van der Waals surface area contributed by atoms with Gasteiger partial charge in [-0.2, -0.15) is 0 Å². The minimum atomic E-state index is 0.205. The Balaban J connectivity index is 1.94. The Hall–Kier alpha value is -0.610. The molecule has 1 amide bonds. The molecule has 0 radical (unpaired) electrons. The molecule has 4 heteroatoms. The Labute approximate surface area is 110 Å². The number of piperazine rings is 1. The summed E-state index contributed by atoms with van der Waals surface area (Å²) in [7, 11) is 0. The van der Waals surface area contributed by atoms with E-state index in [-0.39, 0.29) is 12.0 Å². The van der Waals surface area contributed by atoms with Crippen molar-refractivity contribution in [2.45, 2.75) is 51.0 Å². The lowest BCUT2D eigenvalue weighted by Gasteiger charge is -2.38. The van der Waals surface area contributed by atoms with Crippen molar-refractivity contribution in [3.05, 3.63) is 0 Å². The third kappa shape index (κ3) is 3.45. The van der Waals surface area contributed by atoms with Gasteiger partial charge in [0.2, 0.25) is 5.91 Å². The van der Waals surface area contributed by atoms with E-state index in [0.717, 1.165) is 32.5 Å². The molecule has 3 N–H and O–H groups in total. The SMILES string of the molecule is NCC1CNCCN1C(=O)C1CCCCCCC1. The number of rotatable bonds is 2. The van der Waals surface area contributed by atoms with Gasteiger partial charge >= 0.3 is 0 Å². The predicted molar refractivity (Wildman–Crippen MR) is 73.2 cm³/mol. The van der Waals surface area contributed by atoms with Gasteiger partial charge in [-0.05, 0) is 12.8 Å². The van der Waals surface area contributed by atoms with Crippen LogP contribution in [0.3, 0.4) is 0 Å². The average Bonchev–Trinajstić information content (AvgIpc) is 2.37. The Morgan fingerprint density at radius 3 is 2.50 bits per heavy atom. The molecule has 18 heavy (non-hydrogen) atoms. The second-order valence-electron chi connectivity index (χ2n) is 5.67. The highest BCUT2D eigenvalue weighted by Crippen LogP contribution is 2.24.